The van der Waals surface area contributed by atoms with Gasteiger partial charge in [-0.1, -0.05) is 37.3 Å². The number of nitrogens with one attached hydrogen (secondary N) is 1. The van der Waals surface area contributed by atoms with Crippen LogP contribution in [0.25, 0.3) is 0 Å². The summed E-state index contributed by atoms with van der Waals surface area (Å²) in [5, 5.41) is 4.59. The van der Waals surface area contributed by atoms with Crippen LogP contribution in [-0.4, -0.2) is 36.3 Å². The Kier molecular flexibility index (Phi) is 7.56. The lowest BCUT2D eigenvalue weighted by Gasteiger charge is -2.17. The summed E-state index contributed by atoms with van der Waals surface area (Å²) < 4.78 is 5.15. The molecule has 1 N–H and O–H groups in total. The van der Waals surface area contributed by atoms with E-state index < -0.39 is 5.97 Å². The molecule has 1 heterocycles. The van der Waals surface area contributed by atoms with Crippen LogP contribution in [0.2, 0.25) is 0 Å². The van der Waals surface area contributed by atoms with Crippen molar-refractivity contribution in [2.75, 3.05) is 19.0 Å². The lowest BCUT2D eigenvalue weighted by atomic mass is 10.1. The largest absolute Gasteiger partial charge is 0.452 e. The molecule has 1 aromatic heterocycles. The Hall–Kier alpha value is -3.45. The highest BCUT2D eigenvalue weighted by Gasteiger charge is 2.14. The molecule has 2 aromatic carbocycles. The maximum Gasteiger partial charge on any atom is 0.338 e. The van der Waals surface area contributed by atoms with Crippen LogP contribution >= 0.6 is 11.3 Å². The molecule has 0 atom stereocenters. The van der Waals surface area contributed by atoms with E-state index >= 15 is 0 Å². The number of anilines is 1. The minimum Gasteiger partial charge on any atom is -0.452 e. The van der Waals surface area contributed by atoms with E-state index in [9.17, 15) is 14.4 Å². The Morgan fingerprint density at radius 2 is 1.65 bits per heavy atom. The molecule has 0 radical (unpaired) electrons. The maximum absolute atomic E-state index is 12.3. The number of ether oxygens (including phenoxy) is 1. The van der Waals surface area contributed by atoms with Gasteiger partial charge in [0.2, 0.25) is 0 Å². The number of hydrogen-bond acceptors (Lipinski definition) is 5. The van der Waals surface area contributed by atoms with E-state index in [-0.39, 0.29) is 18.4 Å². The van der Waals surface area contributed by atoms with Gasteiger partial charge in [-0.05, 0) is 53.3 Å². The number of aryl methyl sites for hydroxylation is 1. The zero-order valence-electron chi connectivity index (χ0n) is 17.5. The first-order valence-corrected chi connectivity index (χ1v) is 10.8. The van der Waals surface area contributed by atoms with Crippen LogP contribution in [0, 0.1) is 0 Å². The monoisotopic (exact) mass is 436 g/mol. The summed E-state index contributed by atoms with van der Waals surface area (Å²) in [6, 6.07) is 18.0. The van der Waals surface area contributed by atoms with Crippen molar-refractivity contribution in [1.82, 2.24) is 4.90 Å². The fourth-order valence-electron chi connectivity index (χ4n) is 2.85. The fourth-order valence-corrected chi connectivity index (χ4v) is 3.47. The molecular formula is C24H24N2O4S. The first kappa shape index (κ1) is 22.2. The summed E-state index contributed by atoms with van der Waals surface area (Å²) >= 11 is 1.35. The highest BCUT2D eigenvalue weighted by Crippen LogP contribution is 2.15. The third-order valence-electron chi connectivity index (χ3n) is 4.73. The summed E-state index contributed by atoms with van der Waals surface area (Å²) in [7, 11) is 1.68. The van der Waals surface area contributed by atoms with Gasteiger partial charge in [-0.25, -0.2) is 4.79 Å². The Morgan fingerprint density at radius 3 is 2.26 bits per heavy atom. The van der Waals surface area contributed by atoms with E-state index in [0.717, 1.165) is 12.0 Å². The minimum atomic E-state index is -0.592. The van der Waals surface area contributed by atoms with Crippen molar-refractivity contribution in [3.63, 3.8) is 0 Å². The van der Waals surface area contributed by atoms with E-state index in [2.05, 4.69) is 12.2 Å². The fraction of sp³-hybridized carbons (Fsp3) is 0.208. The molecule has 0 spiro atoms. The number of likely N-dealkylation sites (N-methyl/N-ethyl adjacent to an activating group) is 1. The Bertz CT molecular complexity index is 1030. The molecule has 3 rings (SSSR count). The van der Waals surface area contributed by atoms with Gasteiger partial charge in [-0.2, -0.15) is 0 Å². The molecular weight excluding hydrogens is 412 g/mol. The first-order chi connectivity index (χ1) is 15.0. The van der Waals surface area contributed by atoms with E-state index in [1.165, 1.54) is 21.8 Å². The van der Waals surface area contributed by atoms with Crippen molar-refractivity contribution >= 4 is 34.8 Å². The number of thiophene rings is 1. The summed E-state index contributed by atoms with van der Waals surface area (Å²) in [6.07, 6.45) is 0.965. The van der Waals surface area contributed by atoms with Gasteiger partial charge in [-0.15, -0.1) is 11.3 Å². The lowest BCUT2D eigenvalue weighted by molar-refractivity contribution is -0.133. The van der Waals surface area contributed by atoms with Crippen LogP contribution < -0.4 is 5.32 Å². The second-order valence-corrected chi connectivity index (χ2v) is 7.95. The summed E-state index contributed by atoms with van der Waals surface area (Å²) in [6.45, 7) is 2.20. The molecule has 0 unspecified atom stereocenters. The van der Waals surface area contributed by atoms with Crippen LogP contribution in [0.3, 0.4) is 0 Å². The predicted molar refractivity (Wildman–Crippen MR) is 121 cm³/mol. The van der Waals surface area contributed by atoms with Crippen molar-refractivity contribution in [2.24, 2.45) is 0 Å². The molecule has 0 aliphatic rings. The molecule has 7 heteroatoms. The predicted octanol–water partition coefficient (Wildman–Crippen LogP) is 4.38. The maximum atomic E-state index is 12.3. The zero-order chi connectivity index (χ0) is 22.2. The Balaban J connectivity index is 1.47. The minimum absolute atomic E-state index is 0.205. The van der Waals surface area contributed by atoms with Crippen molar-refractivity contribution in [1.29, 1.82) is 0 Å². The number of benzene rings is 2. The third-order valence-corrected chi connectivity index (χ3v) is 5.60. The molecule has 0 aliphatic carbocycles. The topological polar surface area (TPSA) is 75.7 Å². The average molecular weight is 437 g/mol. The molecule has 3 aromatic rings. The molecule has 2 amide bonds. The van der Waals surface area contributed by atoms with E-state index in [1.807, 2.05) is 29.6 Å². The van der Waals surface area contributed by atoms with Gasteiger partial charge in [0, 0.05) is 19.3 Å². The quantitative estimate of drug-likeness (QED) is 0.532. The Labute approximate surface area is 185 Å². The summed E-state index contributed by atoms with van der Waals surface area (Å²) in [4.78, 5) is 38.7. The molecule has 160 valence electrons. The highest BCUT2D eigenvalue weighted by atomic mass is 32.1. The van der Waals surface area contributed by atoms with E-state index in [0.29, 0.717) is 22.7 Å². The number of nitrogens with zero attached hydrogens (tertiary/aromatic N) is 1. The number of hydrogen-bond donors (Lipinski definition) is 1. The van der Waals surface area contributed by atoms with Crippen molar-refractivity contribution in [2.45, 2.75) is 19.9 Å². The van der Waals surface area contributed by atoms with Crippen molar-refractivity contribution in [3.05, 3.63) is 87.6 Å². The number of amides is 2. The van der Waals surface area contributed by atoms with Crippen LogP contribution in [0.5, 0.6) is 0 Å². The van der Waals surface area contributed by atoms with Gasteiger partial charge in [0.05, 0.1) is 10.4 Å². The van der Waals surface area contributed by atoms with Crippen molar-refractivity contribution in [3.8, 4) is 0 Å². The SMILES string of the molecule is CCc1ccc(CN(C)C(=O)COC(=O)c2ccc(NC(=O)c3cccs3)cc2)cc1. The van der Waals surface area contributed by atoms with Gasteiger partial charge < -0.3 is 15.0 Å². The van der Waals surface area contributed by atoms with E-state index in [1.54, 1.807) is 43.4 Å². The normalized spacial score (nSPS) is 10.4. The van der Waals surface area contributed by atoms with Gasteiger partial charge in [0.15, 0.2) is 6.61 Å². The lowest BCUT2D eigenvalue weighted by Crippen LogP contribution is -2.30. The van der Waals surface area contributed by atoms with E-state index in [4.69, 9.17) is 4.74 Å². The van der Waals surface area contributed by atoms with Crippen LogP contribution in [-0.2, 0) is 22.5 Å². The van der Waals surface area contributed by atoms with Gasteiger partial charge in [0.25, 0.3) is 11.8 Å². The van der Waals surface area contributed by atoms with Gasteiger partial charge in [-0.3, -0.25) is 9.59 Å². The molecule has 0 saturated carbocycles. The molecule has 0 bridgehead atoms. The summed E-state index contributed by atoms with van der Waals surface area (Å²) in [5.74, 6) is -1.08. The molecule has 0 saturated heterocycles. The first-order valence-electron chi connectivity index (χ1n) is 9.90. The second kappa shape index (κ2) is 10.5. The van der Waals surface area contributed by atoms with Crippen LogP contribution in [0.1, 0.15) is 38.1 Å². The molecule has 6 nitrogen and oxygen atoms in total. The second-order valence-electron chi connectivity index (χ2n) is 7.00. The number of esters is 1. The summed E-state index contributed by atoms with van der Waals surface area (Å²) in [5.41, 5.74) is 3.13. The highest BCUT2D eigenvalue weighted by molar-refractivity contribution is 7.12. The number of carbonyl (C=O) groups excluding carboxylic acids is 3. The standard InChI is InChI=1S/C24H24N2O4S/c1-3-17-6-8-18(9-7-17)15-26(2)22(27)16-30-24(29)19-10-12-20(13-11-19)25-23(28)21-5-4-14-31-21/h4-14H,3,15-16H2,1-2H3,(H,25,28). The molecule has 31 heavy (non-hydrogen) atoms. The molecule has 0 aliphatic heterocycles. The van der Waals surface area contributed by atoms with Gasteiger partial charge in [0.1, 0.15) is 0 Å². The smallest absolute Gasteiger partial charge is 0.338 e. The van der Waals surface area contributed by atoms with Crippen molar-refractivity contribution < 1.29 is 19.1 Å². The average Bonchev–Trinajstić information content (AvgIpc) is 3.33. The van der Waals surface area contributed by atoms with Crippen LogP contribution in [0.15, 0.2) is 66.0 Å². The van der Waals surface area contributed by atoms with Gasteiger partial charge >= 0.3 is 5.97 Å². The third kappa shape index (κ3) is 6.26. The Morgan fingerprint density at radius 1 is 0.968 bits per heavy atom. The molecule has 0 fully saturated rings. The van der Waals surface area contributed by atoms with Crippen LogP contribution in [0.4, 0.5) is 5.69 Å². The number of carbonyl (C=O) groups is 3. The zero-order valence-corrected chi connectivity index (χ0v) is 18.3. The number of rotatable bonds is 8.